The smallest absolute Gasteiger partial charge is 0.0394 e. The zero-order chi connectivity index (χ0) is 11.6. The van der Waals surface area contributed by atoms with Crippen LogP contribution in [0.4, 0.5) is 0 Å². The Balaban J connectivity index is 3.96. The molecule has 0 unspecified atom stereocenters. The lowest BCUT2D eigenvalue weighted by atomic mass is 10.1. The normalized spacial score (nSPS) is 18.3. The Hall–Kier alpha value is -0.0800. The van der Waals surface area contributed by atoms with E-state index >= 15 is 0 Å². The molecule has 0 rings (SSSR count). The first-order valence-electron chi connectivity index (χ1n) is 5.47. The molecule has 0 aromatic heterocycles. The highest BCUT2D eigenvalue weighted by Gasteiger charge is 2.15. The van der Waals surface area contributed by atoms with Crippen LogP contribution in [0.5, 0.6) is 0 Å². The fraction of sp³-hybridized carbons (Fsp3) is 1.00. The molecule has 68 valence electrons. The molecule has 0 radical (unpaired) electrons. The number of rotatable bonds is 3. The molecule has 0 aliphatic heterocycles. The molecule has 0 atom stereocenters. The predicted molar refractivity (Wildman–Crippen MR) is 50.9 cm³/mol. The van der Waals surface area contributed by atoms with Crippen LogP contribution in [0.3, 0.4) is 0 Å². The quantitative estimate of drug-likeness (QED) is 0.615. The summed E-state index contributed by atoms with van der Waals surface area (Å²) >= 11 is 0. The summed E-state index contributed by atoms with van der Waals surface area (Å²) in [5.41, 5.74) is 0.0928. The molecule has 0 spiro atoms. The Morgan fingerprint density at radius 3 is 2.09 bits per heavy atom. The topological polar surface area (TPSA) is 6.48 Å². The Morgan fingerprint density at radius 1 is 1.18 bits per heavy atom. The molecule has 0 aromatic rings. The van der Waals surface area contributed by atoms with Gasteiger partial charge in [-0.05, 0) is 41.8 Å². The Labute approximate surface area is 75.4 Å². The second-order valence-corrected chi connectivity index (χ2v) is 4.01. The Morgan fingerprint density at radius 2 is 1.73 bits per heavy atom. The van der Waals surface area contributed by atoms with Crippen molar-refractivity contribution in [2.24, 2.45) is 0 Å². The lowest BCUT2D eigenvalue weighted by molar-refractivity contribution is 0.161. The molecule has 0 fully saturated rings. The minimum Gasteiger partial charge on any atom is -0.308 e. The van der Waals surface area contributed by atoms with E-state index in [1.807, 2.05) is 7.05 Å². The van der Waals surface area contributed by atoms with Crippen molar-refractivity contribution < 1.29 is 4.11 Å². The van der Waals surface area contributed by atoms with Gasteiger partial charge in [0.25, 0.3) is 0 Å². The van der Waals surface area contributed by atoms with Crippen molar-refractivity contribution in [1.29, 1.82) is 0 Å². The first-order valence-corrected chi connectivity index (χ1v) is 3.97. The van der Waals surface area contributed by atoms with E-state index in [1.165, 1.54) is 4.90 Å². The van der Waals surface area contributed by atoms with Gasteiger partial charge in [0.1, 0.15) is 0 Å². The fourth-order valence-electron chi connectivity index (χ4n) is 0.635. The minimum absolute atomic E-state index is 0.0928. The summed E-state index contributed by atoms with van der Waals surface area (Å²) in [5.74, 6) is 0. The van der Waals surface area contributed by atoms with Gasteiger partial charge in [-0.2, -0.15) is 0 Å². The highest BCUT2D eigenvalue weighted by atomic mass is 15.2. The van der Waals surface area contributed by atoms with E-state index in [-0.39, 0.29) is 5.54 Å². The highest BCUT2D eigenvalue weighted by Crippen LogP contribution is 2.08. The lowest BCUT2D eigenvalue weighted by Gasteiger charge is -2.32. The van der Waals surface area contributed by atoms with Crippen LogP contribution in [0, 0.1) is 0 Å². The van der Waals surface area contributed by atoms with Crippen molar-refractivity contribution in [2.75, 3.05) is 34.2 Å². The van der Waals surface area contributed by atoms with E-state index in [4.69, 9.17) is 4.11 Å². The molecular weight excluding hydrogens is 136 g/mol. The molecule has 2 nitrogen and oxygen atoms in total. The molecule has 0 aliphatic rings. The largest absolute Gasteiger partial charge is 0.308 e. The number of hydrogen-bond donors (Lipinski definition) is 0. The summed E-state index contributed by atoms with van der Waals surface area (Å²) < 4.78 is 21.5. The first kappa shape index (κ1) is 6.44. The number of nitrogens with zero attached hydrogens (tertiary/aromatic N) is 2. The average molecular weight is 161 g/mol. The molecule has 0 saturated carbocycles. The zero-order valence-electron chi connectivity index (χ0n) is 11.3. The third-order valence-electron chi connectivity index (χ3n) is 1.92. The molecule has 2 heteroatoms. The van der Waals surface area contributed by atoms with Crippen molar-refractivity contribution in [2.45, 2.75) is 26.3 Å². The monoisotopic (exact) mass is 161 g/mol. The predicted octanol–water partition coefficient (Wildman–Crippen LogP) is 1.28. The van der Waals surface area contributed by atoms with E-state index in [2.05, 4.69) is 25.7 Å². The number of likely N-dealkylation sites (N-methyl/N-ethyl adjacent to an activating group) is 2. The molecule has 11 heavy (non-hydrogen) atoms. The third-order valence-corrected chi connectivity index (χ3v) is 1.92. The van der Waals surface area contributed by atoms with Crippen molar-refractivity contribution >= 4 is 0 Å². The van der Waals surface area contributed by atoms with Crippen LogP contribution in [-0.4, -0.2) is 49.5 Å². The van der Waals surface area contributed by atoms with E-state index in [0.29, 0.717) is 6.54 Å². The molecular formula is C9H22N2. The van der Waals surface area contributed by atoms with Gasteiger partial charge in [0.2, 0.25) is 0 Å². The standard InChI is InChI=1S/C9H22N2/c1-9(2,3)11(6)8-7-10(4)5/h7-8H2,1-6H3/i4D3. The summed E-state index contributed by atoms with van der Waals surface area (Å²) in [4.78, 5) is 3.55. The van der Waals surface area contributed by atoms with Crippen LogP contribution >= 0.6 is 0 Å². The second-order valence-electron chi connectivity index (χ2n) is 4.01. The summed E-state index contributed by atoms with van der Waals surface area (Å²) in [5, 5.41) is 0. The Bertz CT molecular complexity index is 152. The van der Waals surface area contributed by atoms with Gasteiger partial charge in [-0.3, -0.25) is 0 Å². The SMILES string of the molecule is [2H]C([2H])([2H])N(C)CCN(C)C(C)(C)C. The summed E-state index contributed by atoms with van der Waals surface area (Å²) in [6.45, 7) is 5.69. The first-order chi connectivity index (χ1) is 6.05. The number of hydrogen-bond acceptors (Lipinski definition) is 2. The lowest BCUT2D eigenvalue weighted by Crippen LogP contribution is -2.41. The van der Waals surface area contributed by atoms with Crippen LogP contribution in [0.25, 0.3) is 0 Å². The Kier molecular flexibility index (Phi) is 2.38. The molecule has 0 aromatic carbocycles. The van der Waals surface area contributed by atoms with Gasteiger partial charge in [0.15, 0.2) is 0 Å². The zero-order valence-corrected chi connectivity index (χ0v) is 8.31. The van der Waals surface area contributed by atoms with Crippen LogP contribution in [-0.2, 0) is 0 Å². The molecule has 0 aliphatic carbocycles. The van der Waals surface area contributed by atoms with Gasteiger partial charge >= 0.3 is 0 Å². The van der Waals surface area contributed by atoms with Crippen LogP contribution in [0.1, 0.15) is 24.9 Å². The van der Waals surface area contributed by atoms with Gasteiger partial charge in [0, 0.05) is 22.7 Å². The van der Waals surface area contributed by atoms with Crippen LogP contribution in [0.15, 0.2) is 0 Å². The van der Waals surface area contributed by atoms with Crippen molar-refractivity contribution in [3.05, 3.63) is 0 Å². The van der Waals surface area contributed by atoms with Gasteiger partial charge in [0.05, 0.1) is 0 Å². The van der Waals surface area contributed by atoms with Gasteiger partial charge in [-0.15, -0.1) is 0 Å². The maximum absolute atomic E-state index is 7.18. The average Bonchev–Trinajstić information content (AvgIpc) is 1.95. The van der Waals surface area contributed by atoms with E-state index in [0.717, 1.165) is 6.54 Å². The van der Waals surface area contributed by atoms with E-state index < -0.39 is 6.98 Å². The van der Waals surface area contributed by atoms with Crippen LogP contribution < -0.4 is 0 Å². The van der Waals surface area contributed by atoms with Gasteiger partial charge in [-0.1, -0.05) is 0 Å². The molecule has 0 saturated heterocycles. The molecule has 0 N–H and O–H groups in total. The third kappa shape index (κ3) is 5.22. The fourth-order valence-corrected chi connectivity index (χ4v) is 0.635. The van der Waals surface area contributed by atoms with Gasteiger partial charge < -0.3 is 9.80 Å². The second kappa shape index (κ2) is 4.07. The maximum Gasteiger partial charge on any atom is 0.0394 e. The van der Waals surface area contributed by atoms with E-state index in [9.17, 15) is 0 Å². The van der Waals surface area contributed by atoms with Crippen molar-refractivity contribution in [1.82, 2.24) is 9.80 Å². The van der Waals surface area contributed by atoms with Gasteiger partial charge in [-0.25, -0.2) is 0 Å². The molecule has 0 amide bonds. The van der Waals surface area contributed by atoms with Crippen molar-refractivity contribution in [3.63, 3.8) is 0 Å². The summed E-state index contributed by atoms with van der Waals surface area (Å²) in [6, 6.07) is 0. The summed E-state index contributed by atoms with van der Waals surface area (Å²) in [6.07, 6.45) is 0. The highest BCUT2D eigenvalue weighted by molar-refractivity contribution is 4.72. The minimum atomic E-state index is -1.97. The molecule has 0 bridgehead atoms. The van der Waals surface area contributed by atoms with E-state index in [1.54, 1.807) is 7.05 Å². The summed E-state index contributed by atoms with van der Waals surface area (Å²) in [7, 11) is 3.64. The molecule has 0 heterocycles. The maximum atomic E-state index is 7.18. The van der Waals surface area contributed by atoms with Crippen LogP contribution in [0.2, 0.25) is 0 Å². The van der Waals surface area contributed by atoms with Crippen molar-refractivity contribution in [3.8, 4) is 0 Å².